The number of hydrogen-bond donors (Lipinski definition) is 2. The molecule has 0 aliphatic heterocycles. The summed E-state index contributed by atoms with van der Waals surface area (Å²) in [6.07, 6.45) is 0.967. The lowest BCUT2D eigenvalue weighted by molar-refractivity contribution is -0.138. The molecule has 1 aromatic carbocycles. The highest BCUT2D eigenvalue weighted by Gasteiger charge is 2.21. The normalized spacial score (nSPS) is 10.5. The molecule has 9 nitrogen and oxygen atoms in total. The second-order valence-corrected chi connectivity index (χ2v) is 6.35. The molecule has 136 valence electrons. The third-order valence-electron chi connectivity index (χ3n) is 3.48. The number of aliphatic carboxylic acids is 2. The Morgan fingerprint density at radius 3 is 2.38 bits per heavy atom. The van der Waals surface area contributed by atoms with Gasteiger partial charge >= 0.3 is 11.9 Å². The Balaban J connectivity index is 2.86. The Morgan fingerprint density at radius 1 is 1.15 bits per heavy atom. The summed E-state index contributed by atoms with van der Waals surface area (Å²) in [5, 5.41) is 17.7. The third kappa shape index (κ3) is 3.97. The number of hydrogen-bond acceptors (Lipinski definition) is 5. The van der Waals surface area contributed by atoms with Crippen molar-refractivity contribution in [2.75, 3.05) is 13.6 Å². The van der Waals surface area contributed by atoms with E-state index in [-0.39, 0.29) is 10.9 Å². The molecule has 0 spiro atoms. The Morgan fingerprint density at radius 2 is 1.81 bits per heavy atom. The SMILES string of the molecule is CN(CC(=O)O)C(=O)c1cn(CC(=O)O)c2c(=O)ccc(Br)cc2c1=O. The van der Waals surface area contributed by atoms with E-state index in [1.165, 1.54) is 25.2 Å². The fraction of sp³-hybridized carbons (Fsp3) is 0.188. The average Bonchev–Trinajstić information content (AvgIpc) is 2.68. The van der Waals surface area contributed by atoms with Crippen molar-refractivity contribution in [1.29, 1.82) is 0 Å². The molecule has 0 aliphatic rings. The molecule has 26 heavy (non-hydrogen) atoms. The summed E-state index contributed by atoms with van der Waals surface area (Å²) in [6.45, 7) is -1.30. The molecule has 0 saturated carbocycles. The largest absolute Gasteiger partial charge is 0.480 e. The first-order valence-electron chi connectivity index (χ1n) is 7.18. The van der Waals surface area contributed by atoms with E-state index in [1.54, 1.807) is 0 Å². The van der Waals surface area contributed by atoms with Crippen LogP contribution in [0.2, 0.25) is 0 Å². The molecular formula is C16H13BrN2O7. The van der Waals surface area contributed by atoms with E-state index in [0.29, 0.717) is 4.47 Å². The van der Waals surface area contributed by atoms with Crippen LogP contribution < -0.4 is 10.9 Å². The summed E-state index contributed by atoms with van der Waals surface area (Å²) in [6, 6.07) is 3.87. The summed E-state index contributed by atoms with van der Waals surface area (Å²) in [5.41, 5.74) is -1.99. The maximum atomic E-state index is 12.7. The van der Waals surface area contributed by atoms with Crippen LogP contribution in [0.5, 0.6) is 0 Å². The standard InChI is InChI=1S/C16H13BrN2O7/c1-18(6-12(21)22)16(26)10-5-19(7-13(23)24)14-9(15(10)25)4-8(17)2-3-11(14)20/h2-5H,6-7H2,1H3,(H,21,22)(H,23,24). The van der Waals surface area contributed by atoms with Gasteiger partial charge in [-0.1, -0.05) is 15.9 Å². The monoisotopic (exact) mass is 424 g/mol. The topological polar surface area (TPSA) is 134 Å². The highest BCUT2D eigenvalue weighted by Crippen LogP contribution is 2.14. The highest BCUT2D eigenvalue weighted by molar-refractivity contribution is 9.10. The third-order valence-corrected chi connectivity index (χ3v) is 3.97. The van der Waals surface area contributed by atoms with E-state index >= 15 is 0 Å². The molecule has 1 heterocycles. The number of rotatable bonds is 5. The molecule has 0 saturated heterocycles. The van der Waals surface area contributed by atoms with Gasteiger partial charge in [-0.25, -0.2) is 0 Å². The molecule has 2 aromatic rings. The number of pyridine rings is 1. The number of likely N-dealkylation sites (N-methyl/N-ethyl adjacent to an activating group) is 1. The predicted molar refractivity (Wildman–Crippen MR) is 94.4 cm³/mol. The molecule has 0 aliphatic carbocycles. The zero-order chi connectivity index (χ0) is 19.6. The van der Waals surface area contributed by atoms with Gasteiger partial charge in [-0.05, 0) is 18.2 Å². The lowest BCUT2D eigenvalue weighted by Gasteiger charge is -2.16. The van der Waals surface area contributed by atoms with Crippen molar-refractivity contribution in [3.8, 4) is 0 Å². The van der Waals surface area contributed by atoms with Gasteiger partial charge in [0.05, 0.1) is 5.39 Å². The summed E-state index contributed by atoms with van der Waals surface area (Å²) in [4.78, 5) is 60.2. The van der Waals surface area contributed by atoms with E-state index in [2.05, 4.69) is 15.9 Å². The van der Waals surface area contributed by atoms with Gasteiger partial charge in [-0.15, -0.1) is 0 Å². The van der Waals surface area contributed by atoms with E-state index in [1.807, 2.05) is 0 Å². The first-order chi connectivity index (χ1) is 12.1. The zero-order valence-corrected chi connectivity index (χ0v) is 15.0. The number of carbonyl (C=O) groups is 3. The van der Waals surface area contributed by atoms with Crippen molar-refractivity contribution < 1.29 is 24.6 Å². The molecule has 1 aromatic heterocycles. The van der Waals surface area contributed by atoms with E-state index < -0.39 is 47.4 Å². The van der Waals surface area contributed by atoms with E-state index in [4.69, 9.17) is 10.2 Å². The van der Waals surface area contributed by atoms with Gasteiger partial charge < -0.3 is 19.7 Å². The Kier molecular flexibility index (Phi) is 5.56. The quantitative estimate of drug-likeness (QED) is 0.707. The summed E-state index contributed by atoms with van der Waals surface area (Å²) in [5.74, 6) is -3.45. The predicted octanol–water partition coefficient (Wildman–Crippen LogP) is 0.365. The molecule has 0 fully saturated rings. The zero-order valence-electron chi connectivity index (χ0n) is 13.4. The van der Waals surface area contributed by atoms with Crippen LogP contribution in [0.25, 0.3) is 10.9 Å². The van der Waals surface area contributed by atoms with Crippen LogP contribution in [0, 0.1) is 0 Å². The Labute approximate surface area is 154 Å². The van der Waals surface area contributed by atoms with Crippen LogP contribution in [0.15, 0.2) is 38.5 Å². The number of carbonyl (C=O) groups excluding carboxylic acids is 1. The second kappa shape index (κ2) is 7.48. The van der Waals surface area contributed by atoms with E-state index in [9.17, 15) is 24.0 Å². The lowest BCUT2D eigenvalue weighted by atomic mass is 10.1. The van der Waals surface area contributed by atoms with Gasteiger partial charge in [-0.2, -0.15) is 0 Å². The van der Waals surface area contributed by atoms with Crippen molar-refractivity contribution in [2.24, 2.45) is 0 Å². The van der Waals surface area contributed by atoms with Crippen LogP contribution in [0.3, 0.4) is 0 Å². The molecule has 2 rings (SSSR count). The van der Waals surface area contributed by atoms with Gasteiger partial charge in [0.2, 0.25) is 10.9 Å². The van der Waals surface area contributed by atoms with Gasteiger partial charge in [-0.3, -0.25) is 24.0 Å². The number of halogens is 1. The first-order valence-corrected chi connectivity index (χ1v) is 7.97. The maximum absolute atomic E-state index is 12.7. The van der Waals surface area contributed by atoms with Crippen LogP contribution in [0.4, 0.5) is 0 Å². The van der Waals surface area contributed by atoms with Crippen LogP contribution in [0.1, 0.15) is 10.4 Å². The van der Waals surface area contributed by atoms with Crippen LogP contribution in [-0.2, 0) is 16.1 Å². The Hall–Kier alpha value is -3.01. The number of carboxylic acids is 2. The molecule has 0 bridgehead atoms. The molecule has 0 radical (unpaired) electrons. The van der Waals surface area contributed by atoms with E-state index in [0.717, 1.165) is 15.7 Å². The maximum Gasteiger partial charge on any atom is 0.323 e. The van der Waals surface area contributed by atoms with Crippen molar-refractivity contribution in [2.45, 2.75) is 6.54 Å². The number of aromatic nitrogens is 1. The fourth-order valence-electron chi connectivity index (χ4n) is 2.42. The molecule has 0 unspecified atom stereocenters. The molecular weight excluding hydrogens is 412 g/mol. The molecule has 2 N–H and O–H groups in total. The lowest BCUT2D eigenvalue weighted by Crippen LogP contribution is -2.35. The van der Waals surface area contributed by atoms with Crippen molar-refractivity contribution >= 4 is 44.7 Å². The van der Waals surface area contributed by atoms with Gasteiger partial charge in [0.1, 0.15) is 24.2 Å². The van der Waals surface area contributed by atoms with Gasteiger partial charge in [0.15, 0.2) is 0 Å². The average molecular weight is 425 g/mol. The van der Waals surface area contributed by atoms with Gasteiger partial charge in [0, 0.05) is 17.7 Å². The smallest absolute Gasteiger partial charge is 0.323 e. The highest BCUT2D eigenvalue weighted by atomic mass is 79.9. The van der Waals surface area contributed by atoms with Crippen LogP contribution in [-0.4, -0.2) is 51.1 Å². The fourth-order valence-corrected chi connectivity index (χ4v) is 2.78. The number of nitrogens with zero attached hydrogens (tertiary/aromatic N) is 2. The number of fused-ring (bicyclic) bond motifs is 1. The molecule has 0 atom stereocenters. The summed E-state index contributed by atoms with van der Waals surface area (Å²) in [7, 11) is 1.20. The second-order valence-electron chi connectivity index (χ2n) is 5.44. The molecule has 1 amide bonds. The summed E-state index contributed by atoms with van der Waals surface area (Å²) >= 11 is 3.15. The minimum Gasteiger partial charge on any atom is -0.480 e. The number of amides is 1. The first kappa shape index (κ1) is 19.3. The van der Waals surface area contributed by atoms with Crippen molar-refractivity contribution in [3.63, 3.8) is 0 Å². The minimum atomic E-state index is -1.28. The number of carboxylic acid groups (broad SMARTS) is 2. The summed E-state index contributed by atoms with van der Waals surface area (Å²) < 4.78 is 1.38. The van der Waals surface area contributed by atoms with Crippen molar-refractivity contribution in [3.05, 3.63) is 54.9 Å². The van der Waals surface area contributed by atoms with Crippen molar-refractivity contribution in [1.82, 2.24) is 9.47 Å². The Bertz CT molecular complexity index is 1040. The van der Waals surface area contributed by atoms with Crippen LogP contribution >= 0.6 is 15.9 Å². The minimum absolute atomic E-state index is 0.150. The van der Waals surface area contributed by atoms with Gasteiger partial charge in [0.25, 0.3) is 5.91 Å². The molecule has 10 heteroatoms.